The highest BCUT2D eigenvalue weighted by molar-refractivity contribution is 7.98. The van der Waals surface area contributed by atoms with Crippen molar-refractivity contribution in [1.29, 1.82) is 0 Å². The van der Waals surface area contributed by atoms with Gasteiger partial charge in [0, 0.05) is 17.4 Å². The molecular weight excluding hydrogens is 284 g/mol. The molecule has 1 aromatic rings. The molecule has 0 amide bonds. The van der Waals surface area contributed by atoms with Crippen LogP contribution in [0.2, 0.25) is 0 Å². The fraction of sp³-hybridized carbons (Fsp3) is 0.571. The lowest BCUT2D eigenvalue weighted by molar-refractivity contribution is 0.0602. The lowest BCUT2D eigenvalue weighted by atomic mass is 10.2. The summed E-state index contributed by atoms with van der Waals surface area (Å²) in [5.74, 6) is 3.42. The molecule has 0 aliphatic carbocycles. The van der Waals surface area contributed by atoms with Crippen molar-refractivity contribution in [3.63, 3.8) is 0 Å². The van der Waals surface area contributed by atoms with Crippen LogP contribution in [0.25, 0.3) is 0 Å². The van der Waals surface area contributed by atoms with Gasteiger partial charge in [-0.05, 0) is 17.7 Å². The second-order valence-electron chi connectivity index (χ2n) is 3.81. The largest absolute Gasteiger partial charge is 0.497 e. The number of benzene rings is 1. The van der Waals surface area contributed by atoms with E-state index in [1.807, 2.05) is 23.9 Å². The Labute approximate surface area is 124 Å². The summed E-state index contributed by atoms with van der Waals surface area (Å²) in [7, 11) is 1.68. The summed E-state index contributed by atoms with van der Waals surface area (Å²) in [5, 5.41) is 0. The highest BCUT2D eigenvalue weighted by atomic mass is 35.5. The van der Waals surface area contributed by atoms with Gasteiger partial charge in [-0.1, -0.05) is 12.1 Å². The average Bonchev–Trinajstić information content (AvgIpc) is 2.46. The summed E-state index contributed by atoms with van der Waals surface area (Å²) < 4.78 is 15.8. The lowest BCUT2D eigenvalue weighted by Gasteiger charge is -2.05. The van der Waals surface area contributed by atoms with Crippen molar-refractivity contribution in [2.45, 2.75) is 5.75 Å². The fourth-order valence-corrected chi connectivity index (χ4v) is 2.32. The van der Waals surface area contributed by atoms with Crippen LogP contribution in [0.15, 0.2) is 24.3 Å². The van der Waals surface area contributed by atoms with E-state index >= 15 is 0 Å². The van der Waals surface area contributed by atoms with E-state index in [4.69, 9.17) is 25.8 Å². The van der Waals surface area contributed by atoms with Crippen LogP contribution in [0.1, 0.15) is 5.56 Å². The monoisotopic (exact) mass is 304 g/mol. The molecule has 3 nitrogen and oxygen atoms in total. The lowest BCUT2D eigenvalue weighted by Crippen LogP contribution is -2.07. The van der Waals surface area contributed by atoms with Crippen LogP contribution in [-0.4, -0.2) is 45.2 Å². The van der Waals surface area contributed by atoms with Gasteiger partial charge in [0.25, 0.3) is 0 Å². The normalized spacial score (nSPS) is 10.6. The summed E-state index contributed by atoms with van der Waals surface area (Å²) in [4.78, 5) is 0. The Bertz CT molecular complexity index is 319. The van der Waals surface area contributed by atoms with Crippen LogP contribution in [0, 0.1) is 0 Å². The van der Waals surface area contributed by atoms with Gasteiger partial charge >= 0.3 is 0 Å². The maximum Gasteiger partial charge on any atom is 0.118 e. The Morgan fingerprint density at radius 3 is 2.32 bits per heavy atom. The Morgan fingerprint density at radius 1 is 1.00 bits per heavy atom. The Hall–Kier alpha value is -0.420. The van der Waals surface area contributed by atoms with Gasteiger partial charge in [-0.25, -0.2) is 0 Å². The number of alkyl halides is 1. The fourth-order valence-electron chi connectivity index (χ4n) is 1.41. The summed E-state index contributed by atoms with van der Waals surface area (Å²) in [6, 6.07) is 8.15. The summed E-state index contributed by atoms with van der Waals surface area (Å²) in [6.45, 7) is 2.61. The van der Waals surface area contributed by atoms with Crippen molar-refractivity contribution < 1.29 is 14.2 Å². The molecule has 0 heterocycles. The van der Waals surface area contributed by atoms with Crippen molar-refractivity contribution in [2.24, 2.45) is 0 Å². The average molecular weight is 305 g/mol. The molecule has 0 radical (unpaired) electrons. The first-order valence-corrected chi connectivity index (χ1v) is 7.98. The van der Waals surface area contributed by atoms with E-state index in [1.165, 1.54) is 5.56 Å². The minimum atomic E-state index is 0.539. The third-order valence-electron chi connectivity index (χ3n) is 2.39. The highest BCUT2D eigenvalue weighted by Gasteiger charge is 1.96. The molecule has 0 aliphatic rings. The number of ether oxygens (including phenoxy) is 3. The molecule has 0 saturated carbocycles. The molecule has 0 aromatic heterocycles. The van der Waals surface area contributed by atoms with E-state index in [0.29, 0.717) is 25.7 Å². The number of thioether (sulfide) groups is 1. The molecule has 0 atom stereocenters. The molecule has 0 fully saturated rings. The maximum absolute atomic E-state index is 5.48. The molecule has 0 bridgehead atoms. The van der Waals surface area contributed by atoms with Gasteiger partial charge < -0.3 is 14.2 Å². The second-order valence-corrected chi connectivity index (χ2v) is 5.30. The van der Waals surface area contributed by atoms with Crippen LogP contribution >= 0.6 is 23.4 Å². The highest BCUT2D eigenvalue weighted by Crippen LogP contribution is 2.16. The van der Waals surface area contributed by atoms with E-state index < -0.39 is 0 Å². The van der Waals surface area contributed by atoms with Crippen molar-refractivity contribution >= 4 is 23.4 Å². The minimum absolute atomic E-state index is 0.539. The minimum Gasteiger partial charge on any atom is -0.497 e. The van der Waals surface area contributed by atoms with E-state index in [2.05, 4.69) is 12.1 Å². The Kier molecular flexibility index (Phi) is 9.99. The first kappa shape index (κ1) is 16.6. The Balaban J connectivity index is 1.95. The van der Waals surface area contributed by atoms with E-state index in [0.717, 1.165) is 23.9 Å². The molecule has 5 heteroatoms. The molecule has 108 valence electrons. The van der Waals surface area contributed by atoms with Crippen molar-refractivity contribution in [3.8, 4) is 5.75 Å². The second kappa shape index (κ2) is 11.4. The standard InChI is InChI=1S/C14H21ClO3S/c1-16-14-4-2-13(3-5-14)12-19-11-10-18-9-8-17-7-6-15/h2-5H,6-12H2,1H3. The van der Waals surface area contributed by atoms with Crippen LogP contribution < -0.4 is 4.74 Å². The first-order valence-electron chi connectivity index (χ1n) is 6.29. The molecule has 0 spiro atoms. The molecule has 1 aromatic carbocycles. The van der Waals surface area contributed by atoms with Gasteiger partial charge in [-0.2, -0.15) is 11.8 Å². The molecule has 1 rings (SSSR count). The van der Waals surface area contributed by atoms with Gasteiger partial charge in [0.1, 0.15) is 5.75 Å². The summed E-state index contributed by atoms with van der Waals surface area (Å²) >= 11 is 7.34. The zero-order chi connectivity index (χ0) is 13.8. The number of halogens is 1. The van der Waals surface area contributed by atoms with Crippen molar-refractivity contribution in [1.82, 2.24) is 0 Å². The van der Waals surface area contributed by atoms with Gasteiger partial charge in [-0.15, -0.1) is 11.6 Å². The molecule has 0 unspecified atom stereocenters. The first-order chi connectivity index (χ1) is 9.36. The third-order valence-corrected chi connectivity index (χ3v) is 3.54. The van der Waals surface area contributed by atoms with E-state index in [-0.39, 0.29) is 0 Å². The van der Waals surface area contributed by atoms with Crippen LogP contribution in [0.5, 0.6) is 5.75 Å². The number of hydrogen-bond acceptors (Lipinski definition) is 4. The van der Waals surface area contributed by atoms with Gasteiger partial charge in [0.05, 0.1) is 33.5 Å². The van der Waals surface area contributed by atoms with E-state index in [1.54, 1.807) is 7.11 Å². The maximum atomic E-state index is 5.48. The van der Waals surface area contributed by atoms with Crippen LogP contribution in [0.3, 0.4) is 0 Å². The summed E-state index contributed by atoms with van der Waals surface area (Å²) in [5.41, 5.74) is 1.30. The third kappa shape index (κ3) is 8.37. The molecule has 0 saturated heterocycles. The van der Waals surface area contributed by atoms with Crippen LogP contribution in [-0.2, 0) is 15.2 Å². The smallest absolute Gasteiger partial charge is 0.118 e. The number of hydrogen-bond donors (Lipinski definition) is 0. The zero-order valence-corrected chi connectivity index (χ0v) is 12.8. The predicted molar refractivity (Wildman–Crippen MR) is 81.5 cm³/mol. The molecular formula is C14H21ClO3S. The molecule has 0 N–H and O–H groups in total. The number of rotatable bonds is 11. The quantitative estimate of drug-likeness (QED) is 0.463. The predicted octanol–water partition coefficient (Wildman–Crippen LogP) is 3.20. The van der Waals surface area contributed by atoms with Gasteiger partial charge in [0.15, 0.2) is 0 Å². The van der Waals surface area contributed by atoms with E-state index in [9.17, 15) is 0 Å². The summed E-state index contributed by atoms with van der Waals surface area (Å²) in [6.07, 6.45) is 0. The Morgan fingerprint density at radius 2 is 1.68 bits per heavy atom. The SMILES string of the molecule is COc1ccc(CSCCOCCOCCCl)cc1. The topological polar surface area (TPSA) is 27.7 Å². The van der Waals surface area contributed by atoms with Gasteiger partial charge in [0.2, 0.25) is 0 Å². The zero-order valence-electron chi connectivity index (χ0n) is 11.3. The molecule has 19 heavy (non-hydrogen) atoms. The van der Waals surface area contributed by atoms with Crippen molar-refractivity contribution in [3.05, 3.63) is 29.8 Å². The molecule has 0 aliphatic heterocycles. The number of methoxy groups -OCH3 is 1. The van der Waals surface area contributed by atoms with Crippen LogP contribution in [0.4, 0.5) is 0 Å². The van der Waals surface area contributed by atoms with Crippen molar-refractivity contribution in [2.75, 3.05) is 45.2 Å². The van der Waals surface area contributed by atoms with Gasteiger partial charge in [-0.3, -0.25) is 0 Å².